The van der Waals surface area contributed by atoms with Crippen LogP contribution in [0.1, 0.15) is 17.5 Å². The van der Waals surface area contributed by atoms with Crippen LogP contribution in [0.4, 0.5) is 8.63 Å². The van der Waals surface area contributed by atoms with Gasteiger partial charge >= 0.3 is 6.97 Å². The SMILES string of the molecule is CC(=O)COc1ccc(-c2ccc3n2[B-](F)(F)[N+]2=C(c4cccs4)C=CC2=C3)cc1. The Morgan fingerprint density at radius 2 is 1.93 bits per heavy atom. The van der Waals surface area contributed by atoms with E-state index in [-0.39, 0.29) is 12.4 Å². The number of halogens is 2. The fraction of sp³-hybridized carbons (Fsp3) is 0.0909. The second kappa shape index (κ2) is 6.92. The first kappa shape index (κ1) is 18.8. The largest absolute Gasteiger partial charge is 0.737 e. The van der Waals surface area contributed by atoms with Gasteiger partial charge in [0.25, 0.3) is 0 Å². The maximum Gasteiger partial charge on any atom is 0.737 e. The van der Waals surface area contributed by atoms with Crippen LogP contribution in [-0.2, 0) is 4.79 Å². The number of carbonyl (C=O) groups is 1. The van der Waals surface area contributed by atoms with Crippen LogP contribution >= 0.6 is 11.3 Å². The second-order valence-electron chi connectivity index (χ2n) is 7.25. The quantitative estimate of drug-likeness (QED) is 0.552. The molecule has 1 aromatic carbocycles. The molecule has 5 rings (SSSR count). The smallest absolute Gasteiger partial charge is 0.486 e. The maximum atomic E-state index is 15.9. The third-order valence-corrected chi connectivity index (χ3v) is 6.07. The molecule has 0 bridgehead atoms. The fourth-order valence-electron chi connectivity index (χ4n) is 3.89. The van der Waals surface area contributed by atoms with Crippen LogP contribution in [0.2, 0.25) is 0 Å². The Balaban J connectivity index is 1.57. The Labute approximate surface area is 176 Å². The molecule has 0 fully saturated rings. The fourth-order valence-corrected chi connectivity index (χ4v) is 4.64. The number of ketones is 1. The number of hydrogen-bond acceptors (Lipinski definition) is 3. The number of rotatable bonds is 5. The Kier molecular flexibility index (Phi) is 4.32. The molecule has 150 valence electrons. The minimum atomic E-state index is -4.08. The average Bonchev–Trinajstić information content (AvgIpc) is 3.46. The molecule has 8 heteroatoms. The Morgan fingerprint density at radius 3 is 2.63 bits per heavy atom. The molecular weight excluding hydrogens is 405 g/mol. The number of ether oxygens (including phenoxy) is 1. The maximum absolute atomic E-state index is 15.9. The molecule has 0 amide bonds. The van der Waals surface area contributed by atoms with Crippen LogP contribution in [0.25, 0.3) is 17.3 Å². The predicted molar refractivity (Wildman–Crippen MR) is 115 cm³/mol. The molecule has 4 heterocycles. The van der Waals surface area contributed by atoms with E-state index in [2.05, 4.69) is 0 Å². The highest BCUT2D eigenvalue weighted by atomic mass is 32.1. The topological polar surface area (TPSA) is 34.2 Å². The summed E-state index contributed by atoms with van der Waals surface area (Å²) in [6.45, 7) is -2.65. The molecule has 3 aromatic rings. The van der Waals surface area contributed by atoms with E-state index in [1.807, 2.05) is 17.5 Å². The number of carbonyl (C=O) groups excluding carboxylic acids is 1. The lowest BCUT2D eigenvalue weighted by molar-refractivity contribution is -0.359. The van der Waals surface area contributed by atoms with E-state index in [0.717, 1.165) is 13.8 Å². The standard InChI is InChI=1S/C22H17BF2N2O2S/c1-15(28)14-29-19-8-4-16(5-9-19)20-10-6-17-13-18-7-11-21(22-3-2-12-30-22)27(18)23(24,25)26(17)20/h2-13H,14H2,1H3. The van der Waals surface area contributed by atoms with Crippen molar-refractivity contribution in [3.05, 3.63) is 82.3 Å². The zero-order chi connectivity index (χ0) is 20.9. The van der Waals surface area contributed by atoms with Crippen molar-refractivity contribution in [3.8, 4) is 17.0 Å². The molecule has 4 nitrogen and oxygen atoms in total. The monoisotopic (exact) mass is 422 g/mol. The summed E-state index contributed by atoms with van der Waals surface area (Å²) in [7, 11) is 0. The van der Waals surface area contributed by atoms with Crippen molar-refractivity contribution in [3.63, 3.8) is 0 Å². The van der Waals surface area contributed by atoms with E-state index in [9.17, 15) is 4.79 Å². The summed E-state index contributed by atoms with van der Waals surface area (Å²) in [4.78, 5) is 11.9. The number of hydrogen-bond donors (Lipinski definition) is 0. The first-order chi connectivity index (χ1) is 14.4. The minimum absolute atomic E-state index is 0.0160. The molecule has 0 saturated carbocycles. The molecule has 0 saturated heterocycles. The summed E-state index contributed by atoms with van der Waals surface area (Å²) in [6.07, 6.45) is 5.27. The lowest BCUT2D eigenvalue weighted by Crippen LogP contribution is -2.50. The van der Waals surface area contributed by atoms with Gasteiger partial charge in [0.15, 0.2) is 17.2 Å². The van der Waals surface area contributed by atoms with Gasteiger partial charge in [-0.05, 0) is 60.3 Å². The number of aromatic nitrogens is 1. The highest BCUT2D eigenvalue weighted by Crippen LogP contribution is 2.37. The highest BCUT2D eigenvalue weighted by Gasteiger charge is 2.52. The molecule has 0 unspecified atom stereocenters. The van der Waals surface area contributed by atoms with Crippen molar-refractivity contribution in [2.24, 2.45) is 0 Å². The summed E-state index contributed by atoms with van der Waals surface area (Å²) in [5.41, 5.74) is 2.56. The van der Waals surface area contributed by atoms with Crippen molar-refractivity contribution in [2.45, 2.75) is 6.92 Å². The summed E-state index contributed by atoms with van der Waals surface area (Å²) >= 11 is 1.44. The highest BCUT2D eigenvalue weighted by molar-refractivity contribution is 7.12. The Hall–Kier alpha value is -3.26. The van der Waals surface area contributed by atoms with E-state index >= 15 is 8.63 Å². The van der Waals surface area contributed by atoms with Crippen molar-refractivity contribution >= 4 is 35.9 Å². The number of allylic oxidation sites excluding steroid dienone is 2. The number of nitrogens with zero attached hydrogens (tertiary/aromatic N) is 2. The molecule has 0 N–H and O–H groups in total. The number of fused-ring (bicyclic) bond motifs is 2. The molecule has 30 heavy (non-hydrogen) atoms. The van der Waals surface area contributed by atoms with Crippen LogP contribution in [0.15, 0.2) is 71.8 Å². The third kappa shape index (κ3) is 2.95. The van der Waals surface area contributed by atoms with Crippen molar-refractivity contribution in [2.75, 3.05) is 6.61 Å². The zero-order valence-electron chi connectivity index (χ0n) is 16.1. The van der Waals surface area contributed by atoms with Crippen LogP contribution in [-0.4, -0.2) is 34.0 Å². The summed E-state index contributed by atoms with van der Waals surface area (Å²) in [6, 6.07) is 14.0. The molecule has 2 aliphatic heterocycles. The van der Waals surface area contributed by atoms with Crippen molar-refractivity contribution in [1.82, 2.24) is 4.48 Å². The van der Waals surface area contributed by atoms with Gasteiger partial charge in [0.05, 0.1) is 4.88 Å². The first-order valence-corrected chi connectivity index (χ1v) is 10.4. The number of benzene rings is 1. The van der Waals surface area contributed by atoms with E-state index < -0.39 is 6.97 Å². The van der Waals surface area contributed by atoms with Crippen LogP contribution in [0.3, 0.4) is 0 Å². The Morgan fingerprint density at radius 1 is 1.13 bits per heavy atom. The van der Waals surface area contributed by atoms with Gasteiger partial charge in [-0.2, -0.15) is 0 Å². The van der Waals surface area contributed by atoms with Crippen LogP contribution in [0.5, 0.6) is 5.75 Å². The molecule has 0 spiro atoms. The summed E-state index contributed by atoms with van der Waals surface area (Å²) in [5, 5.41) is 1.88. The molecule has 0 atom stereocenters. The van der Waals surface area contributed by atoms with Crippen LogP contribution in [0, 0.1) is 0 Å². The normalized spacial score (nSPS) is 16.3. The van der Waals surface area contributed by atoms with Gasteiger partial charge < -0.3 is 22.3 Å². The molecule has 0 radical (unpaired) electrons. The van der Waals surface area contributed by atoms with Gasteiger partial charge in [0, 0.05) is 29.6 Å². The van der Waals surface area contributed by atoms with Crippen LogP contribution < -0.4 is 4.74 Å². The van der Waals surface area contributed by atoms with E-state index in [1.165, 1.54) is 18.3 Å². The minimum Gasteiger partial charge on any atom is -0.486 e. The lowest BCUT2D eigenvalue weighted by Gasteiger charge is -2.30. The van der Waals surface area contributed by atoms with Crippen molar-refractivity contribution in [1.29, 1.82) is 0 Å². The van der Waals surface area contributed by atoms with E-state index in [0.29, 0.717) is 34.1 Å². The summed E-state index contributed by atoms with van der Waals surface area (Å²) < 4.78 is 39.4. The average molecular weight is 422 g/mol. The zero-order valence-corrected chi connectivity index (χ0v) is 16.9. The lowest BCUT2D eigenvalue weighted by atomic mass is 9.90. The predicted octanol–water partition coefficient (Wildman–Crippen LogP) is 4.83. The number of thiophene rings is 1. The third-order valence-electron chi connectivity index (χ3n) is 5.18. The molecule has 2 aliphatic rings. The van der Waals surface area contributed by atoms with E-state index in [4.69, 9.17) is 4.74 Å². The molecule has 0 aliphatic carbocycles. The van der Waals surface area contributed by atoms with Gasteiger partial charge in [-0.3, -0.25) is 4.79 Å². The van der Waals surface area contributed by atoms with E-state index in [1.54, 1.807) is 54.6 Å². The van der Waals surface area contributed by atoms with Gasteiger partial charge in [-0.25, -0.2) is 0 Å². The second-order valence-corrected chi connectivity index (χ2v) is 8.20. The van der Waals surface area contributed by atoms with Crippen molar-refractivity contribution < 1.29 is 22.6 Å². The molecule has 2 aromatic heterocycles. The van der Waals surface area contributed by atoms with Gasteiger partial charge in [0.1, 0.15) is 12.4 Å². The molecular formula is C22H17BF2N2O2S. The number of Topliss-reactive ketones (excluding diaryl/α,β-unsaturated/α-hetero) is 1. The Bertz CT molecular complexity index is 1240. The first-order valence-electron chi connectivity index (χ1n) is 9.51. The summed E-state index contributed by atoms with van der Waals surface area (Å²) in [5.74, 6) is 0.442. The van der Waals surface area contributed by atoms with Gasteiger partial charge in [-0.15, -0.1) is 11.3 Å². The van der Waals surface area contributed by atoms with Gasteiger partial charge in [-0.1, -0.05) is 6.07 Å². The van der Waals surface area contributed by atoms with Gasteiger partial charge in [0.2, 0.25) is 0 Å².